The van der Waals surface area contributed by atoms with Crippen molar-refractivity contribution in [3.05, 3.63) is 24.4 Å². The van der Waals surface area contributed by atoms with Crippen molar-refractivity contribution in [1.29, 1.82) is 0 Å². The van der Waals surface area contributed by atoms with Crippen molar-refractivity contribution in [2.75, 3.05) is 0 Å². The van der Waals surface area contributed by atoms with Crippen LogP contribution in [0.3, 0.4) is 0 Å². The summed E-state index contributed by atoms with van der Waals surface area (Å²) in [5.41, 5.74) is 0. The predicted octanol–water partition coefficient (Wildman–Crippen LogP) is -0.336. The van der Waals surface area contributed by atoms with Crippen LogP contribution in [-0.2, 0) is 10.3 Å². The van der Waals surface area contributed by atoms with E-state index in [9.17, 15) is 8.42 Å². The minimum absolute atomic E-state index is 0.0324. The molecule has 0 atom stereocenters. The highest BCUT2D eigenvalue weighted by atomic mass is 32.2. The molecule has 0 spiro atoms. The Bertz CT molecular complexity index is 321. The molecule has 60 valence electrons. The molecule has 0 aromatic carbocycles. The third kappa shape index (κ3) is 2.96. The molecule has 0 radical (unpaired) electrons. The molecule has 2 N–H and O–H groups in total. The van der Waals surface area contributed by atoms with Crippen molar-refractivity contribution in [3.63, 3.8) is 0 Å². The van der Waals surface area contributed by atoms with Gasteiger partial charge in [0.25, 0.3) is 0 Å². The van der Waals surface area contributed by atoms with Crippen molar-refractivity contribution < 1.29 is 12.6 Å². The van der Waals surface area contributed by atoms with E-state index in [1.54, 1.807) is 12.1 Å². The molecule has 6 heteroatoms. The van der Waals surface area contributed by atoms with Gasteiger partial charge < -0.3 is 4.18 Å². The third-order valence-corrected chi connectivity index (χ3v) is 1.24. The molecule has 0 saturated heterocycles. The minimum Gasteiger partial charge on any atom is -0.350 e. The Kier molecular flexibility index (Phi) is 2.06. The largest absolute Gasteiger partial charge is 0.381 e. The SMILES string of the molecule is NS(=O)(=O)Oc1ccccn1. The lowest BCUT2D eigenvalue weighted by Gasteiger charge is -1.98. The van der Waals surface area contributed by atoms with Crippen LogP contribution < -0.4 is 9.32 Å². The van der Waals surface area contributed by atoms with Crippen LogP contribution in [0.4, 0.5) is 0 Å². The molecule has 0 unspecified atom stereocenters. The molecule has 5 nitrogen and oxygen atoms in total. The summed E-state index contributed by atoms with van der Waals surface area (Å²) in [7, 11) is -3.94. The van der Waals surface area contributed by atoms with E-state index in [-0.39, 0.29) is 5.88 Å². The predicted molar refractivity (Wildman–Crippen MR) is 38.0 cm³/mol. The van der Waals surface area contributed by atoms with Crippen LogP contribution in [0.1, 0.15) is 0 Å². The van der Waals surface area contributed by atoms with Crippen LogP contribution in [0.5, 0.6) is 5.88 Å². The van der Waals surface area contributed by atoms with Gasteiger partial charge in [-0.1, -0.05) is 6.07 Å². The van der Waals surface area contributed by atoms with Gasteiger partial charge in [0.05, 0.1) is 0 Å². The van der Waals surface area contributed by atoms with Crippen molar-refractivity contribution in [2.45, 2.75) is 0 Å². The maximum Gasteiger partial charge on any atom is 0.381 e. The summed E-state index contributed by atoms with van der Waals surface area (Å²) in [6.07, 6.45) is 1.40. The van der Waals surface area contributed by atoms with Gasteiger partial charge >= 0.3 is 10.3 Å². The van der Waals surface area contributed by atoms with Gasteiger partial charge in [0.2, 0.25) is 5.88 Å². The van der Waals surface area contributed by atoms with E-state index in [1.807, 2.05) is 0 Å². The molecule has 1 rings (SSSR count). The number of nitrogens with two attached hydrogens (primary N) is 1. The molecule has 11 heavy (non-hydrogen) atoms. The van der Waals surface area contributed by atoms with E-state index >= 15 is 0 Å². The maximum atomic E-state index is 10.3. The first-order chi connectivity index (χ1) is 5.08. The average molecular weight is 174 g/mol. The molecule has 0 aliphatic rings. The molecular formula is C5H6N2O3S. The summed E-state index contributed by atoms with van der Waals surface area (Å²) in [6.45, 7) is 0. The van der Waals surface area contributed by atoms with Crippen LogP contribution in [0.15, 0.2) is 24.4 Å². The van der Waals surface area contributed by atoms with E-state index in [2.05, 4.69) is 14.3 Å². The molecule has 0 saturated carbocycles. The van der Waals surface area contributed by atoms with Gasteiger partial charge in [0.15, 0.2) is 0 Å². The molecule has 0 amide bonds. The molecule has 0 fully saturated rings. The second kappa shape index (κ2) is 2.85. The fourth-order valence-electron chi connectivity index (χ4n) is 0.515. The zero-order chi connectivity index (χ0) is 8.32. The van der Waals surface area contributed by atoms with Gasteiger partial charge in [-0.15, -0.1) is 0 Å². The van der Waals surface area contributed by atoms with Gasteiger partial charge in [-0.25, -0.2) is 4.98 Å². The Morgan fingerprint density at radius 3 is 2.64 bits per heavy atom. The van der Waals surface area contributed by atoms with Gasteiger partial charge in [-0.3, -0.25) is 0 Å². The van der Waals surface area contributed by atoms with Crippen LogP contribution >= 0.6 is 0 Å². The standard InChI is InChI=1S/C5H6N2O3S/c6-11(8,9)10-5-3-1-2-4-7-5/h1-4H,(H2,6,8,9). The fraction of sp³-hybridized carbons (Fsp3) is 0. The Hall–Kier alpha value is -1.14. The number of aromatic nitrogens is 1. The number of nitrogens with zero attached hydrogens (tertiary/aromatic N) is 1. The van der Waals surface area contributed by atoms with Crippen molar-refractivity contribution in [1.82, 2.24) is 4.98 Å². The summed E-state index contributed by atoms with van der Waals surface area (Å²) in [6, 6.07) is 4.62. The first kappa shape index (κ1) is 7.96. The smallest absolute Gasteiger partial charge is 0.350 e. The van der Waals surface area contributed by atoms with Gasteiger partial charge in [-0.05, 0) is 6.07 Å². The first-order valence-corrected chi connectivity index (χ1v) is 4.18. The van der Waals surface area contributed by atoms with E-state index in [1.165, 1.54) is 12.3 Å². The maximum absolute atomic E-state index is 10.3. The number of hydrogen-bond donors (Lipinski definition) is 1. The zero-order valence-corrected chi connectivity index (χ0v) is 6.28. The molecule has 0 aliphatic heterocycles. The fourth-order valence-corrected chi connectivity index (χ4v) is 0.852. The number of pyridine rings is 1. The Morgan fingerprint density at radius 2 is 2.18 bits per heavy atom. The number of hydrogen-bond acceptors (Lipinski definition) is 4. The van der Waals surface area contributed by atoms with Gasteiger partial charge in [0, 0.05) is 12.3 Å². The normalized spacial score (nSPS) is 11.0. The molecule has 0 aliphatic carbocycles. The second-order valence-corrected chi connectivity index (χ2v) is 2.90. The monoisotopic (exact) mass is 174 g/mol. The lowest BCUT2D eigenvalue weighted by molar-refractivity contribution is 0.477. The van der Waals surface area contributed by atoms with Crippen LogP contribution in [-0.4, -0.2) is 13.4 Å². The summed E-state index contributed by atoms with van der Waals surface area (Å²) in [5, 5.41) is 4.58. The Labute approximate surface area is 64.1 Å². The van der Waals surface area contributed by atoms with E-state index < -0.39 is 10.3 Å². The minimum atomic E-state index is -3.94. The van der Waals surface area contributed by atoms with Crippen LogP contribution in [0, 0.1) is 0 Å². The quantitative estimate of drug-likeness (QED) is 0.665. The van der Waals surface area contributed by atoms with Gasteiger partial charge in [0.1, 0.15) is 0 Å². The first-order valence-electron chi connectivity index (χ1n) is 2.71. The Morgan fingerprint density at radius 1 is 1.45 bits per heavy atom. The van der Waals surface area contributed by atoms with Gasteiger partial charge in [-0.2, -0.15) is 13.6 Å². The van der Waals surface area contributed by atoms with E-state index in [0.717, 1.165) is 0 Å². The average Bonchev–Trinajstić information content (AvgIpc) is 1.85. The lowest BCUT2D eigenvalue weighted by Crippen LogP contribution is -2.19. The number of rotatable bonds is 2. The van der Waals surface area contributed by atoms with Crippen molar-refractivity contribution in [2.24, 2.45) is 5.14 Å². The summed E-state index contributed by atoms with van der Waals surface area (Å²) >= 11 is 0. The topological polar surface area (TPSA) is 82.3 Å². The lowest BCUT2D eigenvalue weighted by atomic mass is 10.5. The van der Waals surface area contributed by atoms with Crippen LogP contribution in [0.2, 0.25) is 0 Å². The highest BCUT2D eigenvalue weighted by Gasteiger charge is 2.03. The summed E-state index contributed by atoms with van der Waals surface area (Å²) in [4.78, 5) is 3.58. The van der Waals surface area contributed by atoms with E-state index in [4.69, 9.17) is 0 Å². The summed E-state index contributed by atoms with van der Waals surface area (Å²) in [5.74, 6) is -0.0324. The highest BCUT2D eigenvalue weighted by Crippen LogP contribution is 2.03. The Balaban J connectivity index is 2.82. The highest BCUT2D eigenvalue weighted by molar-refractivity contribution is 7.84. The zero-order valence-electron chi connectivity index (χ0n) is 5.47. The molecule has 0 bridgehead atoms. The molecule has 1 aromatic heterocycles. The molecular weight excluding hydrogens is 168 g/mol. The summed E-state index contributed by atoms with van der Waals surface area (Å²) < 4.78 is 24.9. The van der Waals surface area contributed by atoms with Crippen LogP contribution in [0.25, 0.3) is 0 Å². The van der Waals surface area contributed by atoms with E-state index in [0.29, 0.717) is 0 Å². The van der Waals surface area contributed by atoms with Crippen molar-refractivity contribution >= 4 is 10.3 Å². The molecule has 1 heterocycles. The van der Waals surface area contributed by atoms with Crippen molar-refractivity contribution in [3.8, 4) is 5.88 Å². The molecule has 1 aromatic rings. The third-order valence-electron chi connectivity index (χ3n) is 0.839. The second-order valence-electron chi connectivity index (χ2n) is 1.74.